The number of guanidine groups is 1. The van der Waals surface area contributed by atoms with E-state index in [0.717, 1.165) is 50.6 Å². The van der Waals surface area contributed by atoms with E-state index in [1.54, 1.807) is 11.2 Å². The lowest BCUT2D eigenvalue weighted by atomic mass is 10.1. The van der Waals surface area contributed by atoms with Gasteiger partial charge in [-0.15, -0.1) is 0 Å². The van der Waals surface area contributed by atoms with Crippen molar-refractivity contribution in [2.75, 3.05) is 39.3 Å². The van der Waals surface area contributed by atoms with Crippen molar-refractivity contribution in [1.29, 1.82) is 0 Å². The third-order valence-electron chi connectivity index (χ3n) is 5.76. The average Bonchev–Trinajstić information content (AvgIpc) is 3.38. The molecule has 0 spiro atoms. The van der Waals surface area contributed by atoms with E-state index in [2.05, 4.69) is 22.5 Å². The first-order valence-electron chi connectivity index (χ1n) is 10.5. The normalized spacial score (nSPS) is 21.8. The Labute approximate surface area is 167 Å². The van der Waals surface area contributed by atoms with Crippen molar-refractivity contribution >= 4 is 12.0 Å². The number of furan rings is 1. The lowest BCUT2D eigenvalue weighted by Gasteiger charge is -2.32. The molecule has 1 aromatic heterocycles. The molecule has 3 heterocycles. The van der Waals surface area contributed by atoms with E-state index in [1.807, 2.05) is 12.1 Å². The molecule has 3 rings (SSSR count). The summed E-state index contributed by atoms with van der Waals surface area (Å²) in [5, 5.41) is 7.01. The van der Waals surface area contributed by atoms with Gasteiger partial charge in [-0.25, -0.2) is 4.79 Å². The minimum atomic E-state index is -0.329. The third-order valence-corrected chi connectivity index (χ3v) is 5.76. The van der Waals surface area contributed by atoms with E-state index < -0.39 is 0 Å². The fraction of sp³-hybridized carbons (Fsp3) is 0.700. The quantitative estimate of drug-likeness (QED) is 0.483. The summed E-state index contributed by atoms with van der Waals surface area (Å²) in [6.45, 7) is 7.44. The molecule has 0 aliphatic carbocycles. The van der Waals surface area contributed by atoms with E-state index in [-0.39, 0.29) is 6.03 Å². The maximum atomic E-state index is 11.3. The molecule has 156 valence electrons. The second-order valence-corrected chi connectivity index (χ2v) is 7.61. The summed E-state index contributed by atoms with van der Waals surface area (Å²) in [5.41, 5.74) is 5.39. The zero-order valence-corrected chi connectivity index (χ0v) is 16.9. The molecular weight excluding hydrogens is 356 g/mol. The number of hydrogen-bond donors (Lipinski definition) is 3. The van der Waals surface area contributed by atoms with Crippen molar-refractivity contribution in [1.82, 2.24) is 20.4 Å². The highest BCUT2D eigenvalue weighted by Gasteiger charge is 2.24. The fourth-order valence-corrected chi connectivity index (χ4v) is 4.06. The molecule has 1 unspecified atom stereocenters. The van der Waals surface area contributed by atoms with Crippen molar-refractivity contribution in [3.8, 4) is 0 Å². The molecule has 2 aliphatic rings. The number of carbonyl (C=O) groups is 1. The second-order valence-electron chi connectivity index (χ2n) is 7.61. The number of hydrogen-bond acceptors (Lipinski definition) is 4. The highest BCUT2D eigenvalue weighted by atomic mass is 16.3. The monoisotopic (exact) mass is 390 g/mol. The molecule has 4 N–H and O–H groups in total. The van der Waals surface area contributed by atoms with Gasteiger partial charge in [-0.05, 0) is 50.9 Å². The summed E-state index contributed by atoms with van der Waals surface area (Å²) in [6, 6.07) is 4.41. The highest BCUT2D eigenvalue weighted by Crippen LogP contribution is 2.16. The van der Waals surface area contributed by atoms with Crippen LogP contribution in [-0.2, 0) is 6.42 Å². The van der Waals surface area contributed by atoms with Crippen LogP contribution in [0.4, 0.5) is 4.79 Å². The predicted molar refractivity (Wildman–Crippen MR) is 110 cm³/mol. The van der Waals surface area contributed by atoms with Gasteiger partial charge in [0, 0.05) is 38.1 Å². The van der Waals surface area contributed by atoms with Crippen LogP contribution in [0.15, 0.2) is 27.8 Å². The lowest BCUT2D eigenvalue weighted by molar-refractivity contribution is 0.188. The van der Waals surface area contributed by atoms with E-state index >= 15 is 0 Å². The van der Waals surface area contributed by atoms with Crippen LogP contribution in [0.25, 0.3) is 0 Å². The van der Waals surface area contributed by atoms with Crippen LogP contribution >= 0.6 is 0 Å². The van der Waals surface area contributed by atoms with Crippen LogP contribution in [0.1, 0.15) is 38.4 Å². The molecule has 0 aromatic carbocycles. The molecule has 2 aliphatic heterocycles. The summed E-state index contributed by atoms with van der Waals surface area (Å²) >= 11 is 0. The van der Waals surface area contributed by atoms with Crippen LogP contribution in [0, 0.1) is 0 Å². The lowest BCUT2D eigenvalue weighted by Crippen LogP contribution is -2.51. The van der Waals surface area contributed by atoms with E-state index in [0.29, 0.717) is 25.2 Å². The number of urea groups is 1. The molecule has 8 nitrogen and oxygen atoms in total. The van der Waals surface area contributed by atoms with Gasteiger partial charge in [-0.1, -0.05) is 6.92 Å². The average molecular weight is 391 g/mol. The molecular formula is C20H34N6O2. The Morgan fingerprint density at radius 3 is 2.82 bits per heavy atom. The number of likely N-dealkylation sites (tertiary alicyclic amines) is 2. The Morgan fingerprint density at radius 2 is 2.14 bits per heavy atom. The molecule has 2 saturated heterocycles. The summed E-state index contributed by atoms with van der Waals surface area (Å²) in [5.74, 6) is 1.82. The van der Waals surface area contributed by atoms with Crippen molar-refractivity contribution in [3.05, 3.63) is 24.2 Å². The molecule has 1 aromatic rings. The van der Waals surface area contributed by atoms with E-state index in [9.17, 15) is 4.79 Å². The SMILES string of the molecule is CCN1CCCC1CN=C(NCCc1ccco1)NC1CCN(C(N)=O)CC1. The van der Waals surface area contributed by atoms with E-state index in [4.69, 9.17) is 15.1 Å². The number of carbonyl (C=O) groups excluding carboxylic acids is 1. The number of nitrogens with zero attached hydrogens (tertiary/aromatic N) is 3. The molecule has 1 atom stereocenters. The van der Waals surface area contributed by atoms with Gasteiger partial charge in [0.25, 0.3) is 0 Å². The Bertz CT molecular complexity index is 625. The minimum Gasteiger partial charge on any atom is -0.469 e. The summed E-state index contributed by atoms with van der Waals surface area (Å²) in [6.07, 6.45) is 6.76. The first-order chi connectivity index (χ1) is 13.7. The number of piperidine rings is 1. The maximum absolute atomic E-state index is 11.3. The van der Waals surface area contributed by atoms with Gasteiger partial charge in [0.2, 0.25) is 0 Å². The smallest absolute Gasteiger partial charge is 0.314 e. The number of nitrogens with one attached hydrogen (secondary N) is 2. The van der Waals surface area contributed by atoms with Gasteiger partial charge < -0.3 is 25.7 Å². The molecule has 28 heavy (non-hydrogen) atoms. The van der Waals surface area contributed by atoms with E-state index in [1.165, 1.54) is 19.4 Å². The first-order valence-corrected chi connectivity index (χ1v) is 10.5. The molecule has 2 amide bonds. The van der Waals surface area contributed by atoms with Crippen LogP contribution in [0.5, 0.6) is 0 Å². The number of likely N-dealkylation sites (N-methyl/N-ethyl adjacent to an activating group) is 1. The Hall–Kier alpha value is -2.22. The molecule has 0 bridgehead atoms. The molecule has 8 heteroatoms. The first kappa shape index (κ1) is 20.5. The maximum Gasteiger partial charge on any atom is 0.314 e. The number of rotatable bonds is 7. The second kappa shape index (κ2) is 10.4. The Morgan fingerprint density at radius 1 is 1.32 bits per heavy atom. The topological polar surface area (TPSA) is 99.1 Å². The van der Waals surface area contributed by atoms with Crippen LogP contribution in [0.2, 0.25) is 0 Å². The number of nitrogens with two attached hydrogens (primary N) is 1. The van der Waals surface area contributed by atoms with Crippen molar-refractivity contribution in [2.45, 2.75) is 51.1 Å². The van der Waals surface area contributed by atoms with Gasteiger partial charge in [-0.2, -0.15) is 0 Å². The summed E-state index contributed by atoms with van der Waals surface area (Å²) in [4.78, 5) is 20.4. The zero-order chi connectivity index (χ0) is 19.8. The summed E-state index contributed by atoms with van der Waals surface area (Å²) < 4.78 is 5.41. The third kappa shape index (κ3) is 5.89. The van der Waals surface area contributed by atoms with Gasteiger partial charge >= 0.3 is 6.03 Å². The number of primary amides is 1. The Balaban J connectivity index is 1.54. The minimum absolute atomic E-state index is 0.302. The Kier molecular flexibility index (Phi) is 7.59. The number of amides is 2. The zero-order valence-electron chi connectivity index (χ0n) is 16.9. The predicted octanol–water partition coefficient (Wildman–Crippen LogP) is 1.38. The van der Waals surface area contributed by atoms with Gasteiger partial charge in [-0.3, -0.25) is 9.89 Å². The van der Waals surface area contributed by atoms with Crippen LogP contribution in [-0.4, -0.2) is 73.1 Å². The molecule has 0 radical (unpaired) electrons. The molecule has 2 fully saturated rings. The van der Waals surface area contributed by atoms with Crippen LogP contribution < -0.4 is 16.4 Å². The van der Waals surface area contributed by atoms with Crippen molar-refractivity contribution in [3.63, 3.8) is 0 Å². The molecule has 0 saturated carbocycles. The standard InChI is InChI=1S/C20H34N6O2/c1-2-25-11-3-5-17(25)15-23-20(22-10-7-18-6-4-14-28-18)24-16-8-12-26(13-9-16)19(21)27/h4,6,14,16-17H,2-3,5,7-13,15H2,1H3,(H2,21,27)(H2,22,23,24). The number of aliphatic imine (C=N–C) groups is 1. The highest BCUT2D eigenvalue weighted by molar-refractivity contribution is 5.80. The fourth-order valence-electron chi connectivity index (χ4n) is 4.06. The van der Waals surface area contributed by atoms with Crippen molar-refractivity contribution in [2.24, 2.45) is 10.7 Å². The van der Waals surface area contributed by atoms with Gasteiger partial charge in [0.1, 0.15) is 5.76 Å². The van der Waals surface area contributed by atoms with Gasteiger partial charge in [0.05, 0.1) is 12.8 Å². The van der Waals surface area contributed by atoms with Gasteiger partial charge in [0.15, 0.2) is 5.96 Å². The largest absolute Gasteiger partial charge is 0.469 e. The summed E-state index contributed by atoms with van der Waals surface area (Å²) in [7, 11) is 0. The van der Waals surface area contributed by atoms with Crippen LogP contribution in [0.3, 0.4) is 0 Å². The van der Waals surface area contributed by atoms with Crippen molar-refractivity contribution < 1.29 is 9.21 Å².